The van der Waals surface area contributed by atoms with Crippen molar-refractivity contribution < 1.29 is 4.79 Å². The molecule has 0 spiro atoms. The third-order valence-corrected chi connectivity index (χ3v) is 8.99. The quantitative estimate of drug-likeness (QED) is 0.304. The van der Waals surface area contributed by atoms with Crippen molar-refractivity contribution in [2.75, 3.05) is 13.1 Å². The molecule has 1 saturated heterocycles. The highest BCUT2D eigenvalue weighted by molar-refractivity contribution is 6.04. The van der Waals surface area contributed by atoms with E-state index < -0.39 is 0 Å². The SMILES string of the molecule is Cn1cc(-c2ccc(-c3ccc4ncc5c(c4c3)n(-c3ccc(C4CCN(C(=O)c6nc[nH]n6)CC4)cc3)c(=O)n5C)cn2)cn1. The summed E-state index contributed by atoms with van der Waals surface area (Å²) in [6.07, 6.45) is 10.5. The Kier molecular flexibility index (Phi) is 6.55. The molecule has 1 fully saturated rings. The van der Waals surface area contributed by atoms with Crippen molar-refractivity contribution in [3.05, 3.63) is 108 Å². The van der Waals surface area contributed by atoms with E-state index in [0.717, 1.165) is 62.8 Å². The number of carbonyl (C=O) groups excluding carboxylic acids is 1. The maximum atomic E-state index is 13.7. The number of piperidine rings is 1. The number of fused-ring (bicyclic) bond motifs is 3. The number of nitrogens with one attached hydrogen (secondary N) is 1. The molecular weight excluding hydrogens is 580 g/mol. The first-order valence-corrected chi connectivity index (χ1v) is 15.2. The number of aryl methyl sites for hydroxylation is 2. The number of imidazole rings is 1. The fourth-order valence-electron chi connectivity index (χ4n) is 6.47. The number of aromatic nitrogens is 9. The van der Waals surface area contributed by atoms with E-state index in [1.165, 1.54) is 11.9 Å². The minimum atomic E-state index is -0.145. The molecule has 5 aromatic heterocycles. The summed E-state index contributed by atoms with van der Waals surface area (Å²) < 4.78 is 5.18. The third-order valence-electron chi connectivity index (χ3n) is 8.99. The van der Waals surface area contributed by atoms with E-state index in [9.17, 15) is 9.59 Å². The highest BCUT2D eigenvalue weighted by atomic mass is 16.2. The van der Waals surface area contributed by atoms with E-state index in [1.54, 1.807) is 33.3 Å². The van der Waals surface area contributed by atoms with Gasteiger partial charge >= 0.3 is 5.69 Å². The van der Waals surface area contributed by atoms with Gasteiger partial charge in [-0.15, -0.1) is 5.10 Å². The van der Waals surface area contributed by atoms with Gasteiger partial charge in [0.25, 0.3) is 5.91 Å². The van der Waals surface area contributed by atoms with Crippen LogP contribution in [0, 0.1) is 0 Å². The Hall–Kier alpha value is -5.91. The standard InChI is InChI=1S/C34H30N10O2/c1-41-19-25(17-39-41)28-9-6-24(16-35-28)23-5-10-29-27(15-23)31-30(18-36-29)42(2)34(46)44(31)26-7-3-21(4-8-26)22-11-13-43(14-12-22)33(45)32-37-20-38-40-32/h3-10,15-20,22H,11-14H2,1-2H3,(H,37,38,40). The summed E-state index contributed by atoms with van der Waals surface area (Å²) in [6.45, 7) is 1.29. The molecule has 1 aliphatic heterocycles. The minimum absolute atomic E-state index is 0.135. The molecule has 1 amide bonds. The number of amides is 1. The molecule has 228 valence electrons. The molecule has 6 heterocycles. The summed E-state index contributed by atoms with van der Waals surface area (Å²) in [6, 6.07) is 18.4. The van der Waals surface area contributed by atoms with Crippen LogP contribution in [0.1, 0.15) is 34.9 Å². The summed E-state index contributed by atoms with van der Waals surface area (Å²) in [5.41, 5.74) is 7.98. The maximum absolute atomic E-state index is 13.7. The number of H-pyrrole nitrogens is 1. The number of benzene rings is 2. The lowest BCUT2D eigenvalue weighted by Gasteiger charge is -2.31. The van der Waals surface area contributed by atoms with E-state index in [1.807, 2.05) is 54.7 Å². The topological polar surface area (TPSA) is 132 Å². The van der Waals surface area contributed by atoms with Gasteiger partial charge in [0.05, 0.1) is 40.3 Å². The minimum Gasteiger partial charge on any atom is -0.336 e. The lowest BCUT2D eigenvalue weighted by molar-refractivity contribution is 0.0701. The second-order valence-corrected chi connectivity index (χ2v) is 11.7. The summed E-state index contributed by atoms with van der Waals surface area (Å²) in [7, 11) is 3.66. The molecule has 12 heteroatoms. The fraction of sp³-hybridized carbons (Fsp3) is 0.206. The number of hydrogen-bond donors (Lipinski definition) is 1. The van der Waals surface area contributed by atoms with Gasteiger partial charge in [0, 0.05) is 56.1 Å². The van der Waals surface area contributed by atoms with E-state index in [2.05, 4.69) is 54.5 Å². The summed E-state index contributed by atoms with van der Waals surface area (Å²) in [4.78, 5) is 41.5. The van der Waals surface area contributed by atoms with Crippen LogP contribution in [-0.4, -0.2) is 68.0 Å². The van der Waals surface area contributed by atoms with Gasteiger partial charge < -0.3 is 4.90 Å². The number of nitrogens with zero attached hydrogens (tertiary/aromatic N) is 9. The predicted molar refractivity (Wildman–Crippen MR) is 174 cm³/mol. The highest BCUT2D eigenvalue weighted by Crippen LogP contribution is 2.32. The molecule has 0 unspecified atom stereocenters. The molecule has 1 N–H and O–H groups in total. The molecule has 0 radical (unpaired) electrons. The van der Waals surface area contributed by atoms with Gasteiger partial charge in [-0.3, -0.25) is 33.7 Å². The van der Waals surface area contributed by atoms with Crippen molar-refractivity contribution in [2.45, 2.75) is 18.8 Å². The second-order valence-electron chi connectivity index (χ2n) is 11.7. The van der Waals surface area contributed by atoms with Crippen LogP contribution in [0.2, 0.25) is 0 Å². The molecule has 12 nitrogen and oxygen atoms in total. The van der Waals surface area contributed by atoms with Crippen LogP contribution in [-0.2, 0) is 14.1 Å². The Labute approximate surface area is 263 Å². The van der Waals surface area contributed by atoms with Crippen LogP contribution < -0.4 is 5.69 Å². The van der Waals surface area contributed by atoms with Crippen molar-refractivity contribution in [1.29, 1.82) is 0 Å². The van der Waals surface area contributed by atoms with E-state index in [0.29, 0.717) is 19.0 Å². The molecule has 8 rings (SSSR count). The summed E-state index contributed by atoms with van der Waals surface area (Å²) in [5.74, 6) is 0.377. The zero-order valence-corrected chi connectivity index (χ0v) is 25.3. The summed E-state index contributed by atoms with van der Waals surface area (Å²) >= 11 is 0. The molecule has 0 atom stereocenters. The molecule has 0 aliphatic carbocycles. The van der Waals surface area contributed by atoms with Gasteiger partial charge in [0.15, 0.2) is 0 Å². The highest BCUT2D eigenvalue weighted by Gasteiger charge is 2.26. The monoisotopic (exact) mass is 610 g/mol. The zero-order chi connectivity index (χ0) is 31.4. The van der Waals surface area contributed by atoms with Gasteiger partial charge in [-0.05, 0) is 60.2 Å². The van der Waals surface area contributed by atoms with Crippen LogP contribution in [0.25, 0.3) is 50.0 Å². The van der Waals surface area contributed by atoms with Crippen molar-refractivity contribution in [3.63, 3.8) is 0 Å². The maximum Gasteiger partial charge on any atom is 0.333 e. The van der Waals surface area contributed by atoms with Crippen LogP contribution in [0.3, 0.4) is 0 Å². The van der Waals surface area contributed by atoms with Gasteiger partial charge in [-0.1, -0.05) is 24.3 Å². The first-order chi connectivity index (χ1) is 22.4. The van der Waals surface area contributed by atoms with Crippen molar-refractivity contribution in [2.24, 2.45) is 14.1 Å². The Morgan fingerprint density at radius 1 is 0.870 bits per heavy atom. The average molecular weight is 611 g/mol. The zero-order valence-electron chi connectivity index (χ0n) is 25.3. The Morgan fingerprint density at radius 3 is 2.37 bits per heavy atom. The molecule has 1 aliphatic rings. The normalized spacial score (nSPS) is 14.0. The molecule has 0 bridgehead atoms. The van der Waals surface area contributed by atoms with Crippen molar-refractivity contribution in [3.8, 4) is 28.1 Å². The van der Waals surface area contributed by atoms with Crippen LogP contribution in [0.4, 0.5) is 0 Å². The van der Waals surface area contributed by atoms with Crippen LogP contribution in [0.5, 0.6) is 0 Å². The van der Waals surface area contributed by atoms with Gasteiger partial charge in [0.1, 0.15) is 6.33 Å². The van der Waals surface area contributed by atoms with Gasteiger partial charge in [-0.2, -0.15) is 5.10 Å². The average Bonchev–Trinajstić information content (AvgIpc) is 3.85. The Bertz CT molecular complexity index is 2270. The first kappa shape index (κ1) is 27.6. The number of pyridine rings is 2. The van der Waals surface area contributed by atoms with Gasteiger partial charge in [0.2, 0.25) is 5.82 Å². The van der Waals surface area contributed by atoms with Crippen LogP contribution in [0.15, 0.2) is 90.5 Å². The Balaban J connectivity index is 1.11. The fourth-order valence-corrected chi connectivity index (χ4v) is 6.47. The van der Waals surface area contributed by atoms with Crippen molar-refractivity contribution in [1.82, 2.24) is 49.0 Å². The number of hydrogen-bond acceptors (Lipinski definition) is 7. The van der Waals surface area contributed by atoms with Crippen molar-refractivity contribution >= 4 is 27.8 Å². The molecule has 0 saturated carbocycles. The largest absolute Gasteiger partial charge is 0.336 e. The summed E-state index contributed by atoms with van der Waals surface area (Å²) in [5, 5.41) is 11.7. The molecule has 7 aromatic rings. The lowest BCUT2D eigenvalue weighted by atomic mass is 9.89. The first-order valence-electron chi connectivity index (χ1n) is 15.2. The Morgan fingerprint density at radius 2 is 1.67 bits per heavy atom. The smallest absolute Gasteiger partial charge is 0.333 e. The van der Waals surface area contributed by atoms with Crippen LogP contribution >= 0.6 is 0 Å². The molecular formula is C34H30N10O2. The number of likely N-dealkylation sites (tertiary alicyclic amines) is 1. The number of aromatic amines is 1. The molecule has 2 aromatic carbocycles. The number of carbonyl (C=O) groups is 1. The van der Waals surface area contributed by atoms with E-state index in [-0.39, 0.29) is 17.4 Å². The second kappa shape index (κ2) is 10.9. The van der Waals surface area contributed by atoms with Gasteiger partial charge in [-0.25, -0.2) is 9.78 Å². The third kappa shape index (κ3) is 4.66. The van der Waals surface area contributed by atoms with E-state index >= 15 is 0 Å². The lowest BCUT2D eigenvalue weighted by Crippen LogP contribution is -2.38. The van der Waals surface area contributed by atoms with E-state index in [4.69, 9.17) is 0 Å². The number of rotatable bonds is 5. The molecule has 46 heavy (non-hydrogen) atoms. The predicted octanol–water partition coefficient (Wildman–Crippen LogP) is 4.48.